The van der Waals surface area contributed by atoms with Gasteiger partial charge in [0.25, 0.3) is 0 Å². The van der Waals surface area contributed by atoms with Gasteiger partial charge in [-0.25, -0.2) is 19.9 Å². The van der Waals surface area contributed by atoms with E-state index in [-0.39, 0.29) is 0 Å². The molecule has 4 nitrogen and oxygen atoms in total. The summed E-state index contributed by atoms with van der Waals surface area (Å²) in [5, 5.41) is 0. The Bertz CT molecular complexity index is 310. The average Bonchev–Trinajstić information content (AvgIpc) is 2.21. The van der Waals surface area contributed by atoms with E-state index in [1.54, 1.807) is 36.9 Å². The number of hydrogen-bond acceptors (Lipinski definition) is 4. The molecule has 0 saturated heterocycles. The molecule has 0 aliphatic heterocycles. The molecule has 72 valence electrons. The number of aryl methyl sites for hydroxylation is 2. The van der Waals surface area contributed by atoms with E-state index in [0.717, 1.165) is 11.6 Å². The maximum Gasteiger partial charge on any atom is 0.125 e. The Morgan fingerprint density at radius 1 is 0.643 bits per heavy atom. The quantitative estimate of drug-likeness (QED) is 0.629. The zero-order valence-corrected chi connectivity index (χ0v) is 8.25. The van der Waals surface area contributed by atoms with Crippen molar-refractivity contribution >= 4 is 0 Å². The maximum absolute atomic E-state index is 3.87. The van der Waals surface area contributed by atoms with Crippen molar-refractivity contribution in [1.29, 1.82) is 0 Å². The van der Waals surface area contributed by atoms with Crippen molar-refractivity contribution in [3.63, 3.8) is 0 Å². The Labute approximate surface area is 83.1 Å². The normalized spacial score (nSPS) is 8.71. The van der Waals surface area contributed by atoms with Crippen molar-refractivity contribution in [2.24, 2.45) is 0 Å². The van der Waals surface area contributed by atoms with Gasteiger partial charge in [0, 0.05) is 24.8 Å². The van der Waals surface area contributed by atoms with E-state index in [0.29, 0.717) is 0 Å². The fourth-order valence-corrected chi connectivity index (χ4v) is 0.747. The summed E-state index contributed by atoms with van der Waals surface area (Å²) in [5.74, 6) is 1.64. The molecule has 0 bridgehead atoms. The Hall–Kier alpha value is -1.84. The van der Waals surface area contributed by atoms with Gasteiger partial charge in [-0.05, 0) is 26.0 Å². The molecule has 4 heteroatoms. The van der Waals surface area contributed by atoms with Gasteiger partial charge in [0.2, 0.25) is 0 Å². The van der Waals surface area contributed by atoms with E-state index < -0.39 is 0 Å². The van der Waals surface area contributed by atoms with Gasteiger partial charge in [-0.3, -0.25) is 0 Å². The number of nitrogens with zero attached hydrogens (tertiary/aromatic N) is 4. The average molecular weight is 188 g/mol. The second kappa shape index (κ2) is 5.75. The Kier molecular flexibility index (Phi) is 4.20. The van der Waals surface area contributed by atoms with Crippen LogP contribution in [0.4, 0.5) is 0 Å². The third kappa shape index (κ3) is 4.25. The third-order valence-electron chi connectivity index (χ3n) is 1.39. The first kappa shape index (κ1) is 10.2. The molecule has 0 aromatic carbocycles. The summed E-state index contributed by atoms with van der Waals surface area (Å²) in [5.41, 5.74) is 0. The summed E-state index contributed by atoms with van der Waals surface area (Å²) < 4.78 is 0. The van der Waals surface area contributed by atoms with Crippen LogP contribution in [0.15, 0.2) is 36.9 Å². The zero-order chi connectivity index (χ0) is 10.2. The largest absolute Gasteiger partial charge is 0.242 e. The maximum atomic E-state index is 3.87. The monoisotopic (exact) mass is 188 g/mol. The van der Waals surface area contributed by atoms with Gasteiger partial charge in [0.15, 0.2) is 0 Å². The lowest BCUT2D eigenvalue weighted by Crippen LogP contribution is -1.80. The zero-order valence-electron chi connectivity index (χ0n) is 8.25. The van der Waals surface area contributed by atoms with E-state index in [2.05, 4.69) is 19.9 Å². The van der Waals surface area contributed by atoms with Crippen LogP contribution < -0.4 is 0 Å². The van der Waals surface area contributed by atoms with Crippen LogP contribution in [0, 0.1) is 13.8 Å². The van der Waals surface area contributed by atoms with Crippen LogP contribution in [-0.2, 0) is 0 Å². The molecule has 0 atom stereocenters. The van der Waals surface area contributed by atoms with Crippen LogP contribution in [0.2, 0.25) is 0 Å². The summed E-state index contributed by atoms with van der Waals surface area (Å²) in [7, 11) is 0. The molecule has 14 heavy (non-hydrogen) atoms. The molecule has 0 aliphatic carbocycles. The van der Waals surface area contributed by atoms with Gasteiger partial charge in [0.1, 0.15) is 11.6 Å². The minimum Gasteiger partial charge on any atom is -0.242 e. The molecule has 2 aromatic heterocycles. The van der Waals surface area contributed by atoms with Gasteiger partial charge in [-0.1, -0.05) is 0 Å². The second-order valence-corrected chi connectivity index (χ2v) is 2.59. The van der Waals surface area contributed by atoms with Crippen molar-refractivity contribution in [2.45, 2.75) is 13.8 Å². The van der Waals surface area contributed by atoms with Gasteiger partial charge in [-0.2, -0.15) is 0 Å². The molecule has 0 fully saturated rings. The summed E-state index contributed by atoms with van der Waals surface area (Å²) >= 11 is 0. The Balaban J connectivity index is 0.000000140. The molecule has 0 saturated carbocycles. The highest BCUT2D eigenvalue weighted by Gasteiger charge is 1.75. The predicted octanol–water partition coefficient (Wildman–Crippen LogP) is 1.57. The lowest BCUT2D eigenvalue weighted by molar-refractivity contribution is 1.05. The first-order valence-electron chi connectivity index (χ1n) is 4.26. The fourth-order valence-electron chi connectivity index (χ4n) is 0.747. The smallest absolute Gasteiger partial charge is 0.125 e. The predicted molar refractivity (Wildman–Crippen MR) is 53.5 cm³/mol. The molecule has 0 N–H and O–H groups in total. The van der Waals surface area contributed by atoms with Crippen molar-refractivity contribution < 1.29 is 0 Å². The Morgan fingerprint density at radius 2 is 0.929 bits per heavy atom. The van der Waals surface area contributed by atoms with Crippen molar-refractivity contribution in [1.82, 2.24) is 19.9 Å². The van der Waals surface area contributed by atoms with Crippen LogP contribution in [0.3, 0.4) is 0 Å². The third-order valence-corrected chi connectivity index (χ3v) is 1.39. The summed E-state index contributed by atoms with van der Waals surface area (Å²) in [6, 6.07) is 3.60. The van der Waals surface area contributed by atoms with Gasteiger partial charge < -0.3 is 0 Å². The molecular weight excluding hydrogens is 176 g/mol. The van der Waals surface area contributed by atoms with Crippen molar-refractivity contribution in [3.05, 3.63) is 48.6 Å². The van der Waals surface area contributed by atoms with Gasteiger partial charge >= 0.3 is 0 Å². The number of aromatic nitrogens is 4. The lowest BCUT2D eigenvalue weighted by Gasteiger charge is -1.81. The van der Waals surface area contributed by atoms with E-state index in [1.165, 1.54) is 0 Å². The van der Waals surface area contributed by atoms with Crippen LogP contribution >= 0.6 is 0 Å². The van der Waals surface area contributed by atoms with Crippen molar-refractivity contribution in [2.75, 3.05) is 0 Å². The molecule has 2 aromatic rings. The molecule has 2 heterocycles. The highest BCUT2D eigenvalue weighted by Crippen LogP contribution is 1.79. The van der Waals surface area contributed by atoms with Gasteiger partial charge in [-0.15, -0.1) is 0 Å². The molecule has 0 radical (unpaired) electrons. The molecule has 0 spiro atoms. The highest BCUT2D eigenvalue weighted by molar-refractivity contribution is 4.84. The van der Waals surface area contributed by atoms with Gasteiger partial charge in [0.05, 0.1) is 0 Å². The van der Waals surface area contributed by atoms with E-state index in [9.17, 15) is 0 Å². The number of hydrogen-bond donors (Lipinski definition) is 0. The van der Waals surface area contributed by atoms with E-state index in [4.69, 9.17) is 0 Å². The van der Waals surface area contributed by atoms with Crippen molar-refractivity contribution in [3.8, 4) is 0 Å². The van der Waals surface area contributed by atoms with E-state index in [1.807, 2.05) is 13.8 Å². The fraction of sp³-hybridized carbons (Fsp3) is 0.200. The minimum absolute atomic E-state index is 0.822. The minimum atomic E-state index is 0.822. The highest BCUT2D eigenvalue weighted by atomic mass is 14.8. The van der Waals surface area contributed by atoms with Crippen LogP contribution in [0.25, 0.3) is 0 Å². The molecular formula is C10H12N4. The summed E-state index contributed by atoms with van der Waals surface area (Å²) in [4.78, 5) is 15.5. The SMILES string of the molecule is Cc1ncccn1.Cc1ncccn1. The molecule has 0 amide bonds. The second-order valence-electron chi connectivity index (χ2n) is 2.59. The topological polar surface area (TPSA) is 51.6 Å². The number of rotatable bonds is 0. The summed E-state index contributed by atoms with van der Waals surface area (Å²) in [6.45, 7) is 3.72. The molecule has 2 rings (SSSR count). The summed E-state index contributed by atoms with van der Waals surface area (Å²) in [6.07, 6.45) is 6.90. The van der Waals surface area contributed by atoms with Crippen LogP contribution in [0.1, 0.15) is 11.6 Å². The standard InChI is InChI=1S/2C5H6N2/c2*1-5-6-3-2-4-7-5/h2*2-4H,1H3. The first-order chi connectivity index (χ1) is 6.79. The van der Waals surface area contributed by atoms with E-state index >= 15 is 0 Å². The molecule has 0 aliphatic rings. The van der Waals surface area contributed by atoms with Crippen LogP contribution in [-0.4, -0.2) is 19.9 Å². The Morgan fingerprint density at radius 3 is 1.07 bits per heavy atom. The molecule has 0 unspecified atom stereocenters. The van der Waals surface area contributed by atoms with Crippen LogP contribution in [0.5, 0.6) is 0 Å². The first-order valence-corrected chi connectivity index (χ1v) is 4.26. The lowest BCUT2D eigenvalue weighted by atomic mass is 10.6.